The highest BCUT2D eigenvalue weighted by Gasteiger charge is 2.33. The van der Waals surface area contributed by atoms with E-state index >= 15 is 0 Å². The first-order valence-electron chi connectivity index (χ1n) is 8.51. The SMILES string of the molecule is CCOc1cccc(CNC(=O)[C@@H]2CCCN(S(=O)(=O)N(C)C)C2)c1. The van der Waals surface area contributed by atoms with E-state index in [9.17, 15) is 13.2 Å². The zero-order valence-corrected chi connectivity index (χ0v) is 15.9. The lowest BCUT2D eigenvalue weighted by atomic mass is 9.99. The van der Waals surface area contributed by atoms with Crippen molar-refractivity contribution in [1.82, 2.24) is 13.9 Å². The van der Waals surface area contributed by atoms with E-state index in [1.165, 1.54) is 22.7 Å². The molecular weight excluding hydrogens is 342 g/mol. The van der Waals surface area contributed by atoms with Gasteiger partial charge in [0.25, 0.3) is 10.2 Å². The highest BCUT2D eigenvalue weighted by Crippen LogP contribution is 2.21. The van der Waals surface area contributed by atoms with Gasteiger partial charge in [-0.2, -0.15) is 17.0 Å². The van der Waals surface area contributed by atoms with E-state index in [2.05, 4.69) is 5.32 Å². The van der Waals surface area contributed by atoms with Gasteiger partial charge in [0, 0.05) is 33.7 Å². The largest absolute Gasteiger partial charge is 0.494 e. The summed E-state index contributed by atoms with van der Waals surface area (Å²) in [4.78, 5) is 12.4. The molecule has 1 heterocycles. The van der Waals surface area contributed by atoms with E-state index < -0.39 is 10.2 Å². The van der Waals surface area contributed by atoms with Gasteiger partial charge in [-0.25, -0.2) is 0 Å². The van der Waals surface area contributed by atoms with Crippen LogP contribution in [-0.2, 0) is 21.5 Å². The first-order chi connectivity index (χ1) is 11.8. The van der Waals surface area contributed by atoms with Crippen LogP contribution >= 0.6 is 0 Å². The van der Waals surface area contributed by atoms with Gasteiger partial charge in [0.1, 0.15) is 5.75 Å². The number of nitrogens with zero attached hydrogens (tertiary/aromatic N) is 2. The minimum atomic E-state index is -3.48. The van der Waals surface area contributed by atoms with Crippen molar-refractivity contribution in [2.24, 2.45) is 5.92 Å². The van der Waals surface area contributed by atoms with Crippen molar-refractivity contribution in [3.8, 4) is 5.75 Å². The molecule has 1 aromatic rings. The Morgan fingerprint density at radius 2 is 2.16 bits per heavy atom. The Hall–Kier alpha value is -1.64. The Bertz CT molecular complexity index is 691. The molecular formula is C17H27N3O4S. The number of piperidine rings is 1. The average Bonchev–Trinajstić information content (AvgIpc) is 2.60. The van der Waals surface area contributed by atoms with Gasteiger partial charge in [-0.1, -0.05) is 12.1 Å². The molecule has 8 heteroatoms. The lowest BCUT2D eigenvalue weighted by molar-refractivity contribution is -0.126. The summed E-state index contributed by atoms with van der Waals surface area (Å²) in [6, 6.07) is 7.58. The third-order valence-corrected chi connectivity index (χ3v) is 6.13. The quantitative estimate of drug-likeness (QED) is 0.784. The Labute approximate surface area is 150 Å². The van der Waals surface area contributed by atoms with E-state index in [1.54, 1.807) is 0 Å². The van der Waals surface area contributed by atoms with Gasteiger partial charge >= 0.3 is 0 Å². The molecule has 0 aliphatic carbocycles. The lowest BCUT2D eigenvalue weighted by Crippen LogP contribution is -2.48. The van der Waals surface area contributed by atoms with E-state index in [4.69, 9.17) is 4.74 Å². The lowest BCUT2D eigenvalue weighted by Gasteiger charge is -2.32. The van der Waals surface area contributed by atoms with Gasteiger partial charge < -0.3 is 10.1 Å². The second-order valence-corrected chi connectivity index (χ2v) is 8.43. The van der Waals surface area contributed by atoms with Crippen LogP contribution in [0.15, 0.2) is 24.3 Å². The van der Waals surface area contributed by atoms with Gasteiger partial charge in [-0.3, -0.25) is 4.79 Å². The molecule has 1 N–H and O–H groups in total. The van der Waals surface area contributed by atoms with Crippen molar-refractivity contribution < 1.29 is 17.9 Å². The molecule has 1 amide bonds. The van der Waals surface area contributed by atoms with Crippen molar-refractivity contribution >= 4 is 16.1 Å². The van der Waals surface area contributed by atoms with Gasteiger partial charge in [0.05, 0.1) is 12.5 Å². The summed E-state index contributed by atoms with van der Waals surface area (Å²) >= 11 is 0. The second kappa shape index (κ2) is 8.64. The van der Waals surface area contributed by atoms with E-state index in [0.29, 0.717) is 32.5 Å². The summed E-state index contributed by atoms with van der Waals surface area (Å²) in [5.74, 6) is 0.342. The van der Waals surface area contributed by atoms with Gasteiger partial charge in [0.2, 0.25) is 5.91 Å². The molecule has 1 aliphatic rings. The van der Waals surface area contributed by atoms with Crippen LogP contribution < -0.4 is 10.1 Å². The van der Waals surface area contributed by atoms with Gasteiger partial charge in [-0.05, 0) is 37.5 Å². The van der Waals surface area contributed by atoms with E-state index in [1.807, 2.05) is 31.2 Å². The minimum absolute atomic E-state index is 0.111. The first-order valence-corrected chi connectivity index (χ1v) is 9.91. The maximum absolute atomic E-state index is 12.4. The van der Waals surface area contributed by atoms with Crippen LogP contribution in [0.25, 0.3) is 0 Å². The predicted octanol–water partition coefficient (Wildman–Crippen LogP) is 1.22. The summed E-state index contributed by atoms with van der Waals surface area (Å²) in [6.07, 6.45) is 1.38. The molecule has 0 radical (unpaired) electrons. The van der Waals surface area contributed by atoms with Crippen LogP contribution in [0.5, 0.6) is 5.75 Å². The van der Waals surface area contributed by atoms with Crippen LogP contribution in [0.3, 0.4) is 0 Å². The molecule has 1 aromatic carbocycles. The number of carbonyl (C=O) groups excluding carboxylic acids is 1. The Balaban J connectivity index is 1.93. The van der Waals surface area contributed by atoms with Crippen LogP contribution in [0.4, 0.5) is 0 Å². The summed E-state index contributed by atoms with van der Waals surface area (Å²) in [5.41, 5.74) is 0.952. The summed E-state index contributed by atoms with van der Waals surface area (Å²) in [7, 11) is -0.467. The number of hydrogen-bond acceptors (Lipinski definition) is 4. The van der Waals surface area contributed by atoms with Crippen LogP contribution in [0.1, 0.15) is 25.3 Å². The molecule has 25 heavy (non-hydrogen) atoms. The molecule has 7 nitrogen and oxygen atoms in total. The van der Waals surface area contributed by atoms with Gasteiger partial charge in [-0.15, -0.1) is 0 Å². The maximum atomic E-state index is 12.4. The van der Waals surface area contributed by atoms with Crippen molar-refractivity contribution in [1.29, 1.82) is 0 Å². The average molecular weight is 369 g/mol. The fourth-order valence-corrected chi connectivity index (χ4v) is 4.03. The number of benzene rings is 1. The molecule has 0 unspecified atom stereocenters. The molecule has 0 bridgehead atoms. The molecule has 1 saturated heterocycles. The summed E-state index contributed by atoms with van der Waals surface area (Å²) < 4.78 is 32.5. The Morgan fingerprint density at radius 3 is 2.84 bits per heavy atom. The number of carbonyl (C=O) groups is 1. The van der Waals surface area contributed by atoms with E-state index in [0.717, 1.165) is 11.3 Å². The number of rotatable bonds is 7. The third kappa shape index (κ3) is 5.17. The van der Waals surface area contributed by atoms with Crippen LogP contribution in [0, 0.1) is 5.92 Å². The third-order valence-electron chi connectivity index (χ3n) is 4.22. The fourth-order valence-electron chi connectivity index (χ4n) is 2.84. The zero-order valence-electron chi connectivity index (χ0n) is 15.1. The smallest absolute Gasteiger partial charge is 0.281 e. The van der Waals surface area contributed by atoms with E-state index in [-0.39, 0.29) is 18.4 Å². The highest BCUT2D eigenvalue weighted by atomic mass is 32.2. The van der Waals surface area contributed by atoms with Crippen LogP contribution in [-0.4, -0.2) is 56.7 Å². The number of hydrogen-bond donors (Lipinski definition) is 1. The Kier molecular flexibility index (Phi) is 6.80. The molecule has 1 aliphatic heterocycles. The monoisotopic (exact) mass is 369 g/mol. The number of nitrogens with one attached hydrogen (secondary N) is 1. The molecule has 0 saturated carbocycles. The minimum Gasteiger partial charge on any atom is -0.494 e. The molecule has 1 atom stereocenters. The second-order valence-electron chi connectivity index (χ2n) is 6.29. The van der Waals surface area contributed by atoms with Crippen LogP contribution in [0.2, 0.25) is 0 Å². The standard InChI is InChI=1S/C17H27N3O4S/c1-4-24-16-9-5-7-14(11-16)12-18-17(21)15-8-6-10-20(13-15)25(22,23)19(2)3/h5,7,9,11,15H,4,6,8,10,12-13H2,1-3H3,(H,18,21)/t15-/m1/s1. The molecule has 2 rings (SSSR count). The first kappa shape index (κ1) is 19.7. The van der Waals surface area contributed by atoms with Crippen molar-refractivity contribution in [2.75, 3.05) is 33.8 Å². The normalized spacial score (nSPS) is 19.0. The number of amides is 1. The van der Waals surface area contributed by atoms with Crippen molar-refractivity contribution in [3.63, 3.8) is 0 Å². The molecule has 1 fully saturated rings. The summed E-state index contributed by atoms with van der Waals surface area (Å²) in [5, 5.41) is 2.91. The zero-order chi connectivity index (χ0) is 18.4. The molecule has 140 valence electrons. The highest BCUT2D eigenvalue weighted by molar-refractivity contribution is 7.86. The topological polar surface area (TPSA) is 79.0 Å². The maximum Gasteiger partial charge on any atom is 0.281 e. The fraction of sp³-hybridized carbons (Fsp3) is 0.588. The molecule has 0 spiro atoms. The summed E-state index contributed by atoms with van der Waals surface area (Å²) in [6.45, 7) is 3.60. The molecule has 0 aromatic heterocycles. The predicted molar refractivity (Wildman–Crippen MR) is 96.4 cm³/mol. The Morgan fingerprint density at radius 1 is 1.40 bits per heavy atom. The van der Waals surface area contributed by atoms with Gasteiger partial charge in [0.15, 0.2) is 0 Å². The van der Waals surface area contributed by atoms with Crippen molar-refractivity contribution in [2.45, 2.75) is 26.3 Å². The number of ether oxygens (including phenoxy) is 1. The van der Waals surface area contributed by atoms with Crippen molar-refractivity contribution in [3.05, 3.63) is 29.8 Å².